The largest absolute Gasteiger partial charge is 0.396 e. The van der Waals surface area contributed by atoms with Crippen molar-refractivity contribution in [2.45, 2.75) is 12.5 Å². The van der Waals surface area contributed by atoms with Crippen LogP contribution in [-0.4, -0.2) is 41.6 Å². The number of nitrogens with zero attached hydrogens (tertiary/aromatic N) is 1. The number of hydrogen-bond donors (Lipinski definition) is 3. The number of hydrogen-bond acceptors (Lipinski definition) is 3. The van der Waals surface area contributed by atoms with Gasteiger partial charge in [0.1, 0.15) is 5.82 Å². The molecule has 6 nitrogen and oxygen atoms in total. The molecule has 1 aromatic carbocycles. The van der Waals surface area contributed by atoms with Crippen LogP contribution in [0, 0.1) is 5.82 Å². The van der Waals surface area contributed by atoms with E-state index in [0.717, 1.165) is 0 Å². The molecule has 0 aliphatic carbocycles. The number of urea groups is 1. The number of benzene rings is 1. The van der Waals surface area contributed by atoms with Crippen molar-refractivity contribution in [2.75, 3.05) is 19.7 Å². The highest BCUT2D eigenvalue weighted by Gasteiger charge is 2.39. The highest BCUT2D eigenvalue weighted by molar-refractivity contribution is 6.01. The van der Waals surface area contributed by atoms with Crippen molar-refractivity contribution in [1.29, 1.82) is 0 Å². The molecule has 2 aliphatic rings. The van der Waals surface area contributed by atoms with Crippen LogP contribution in [0.25, 0.3) is 0 Å². The lowest BCUT2D eigenvalue weighted by Crippen LogP contribution is -2.44. The van der Waals surface area contributed by atoms with Crippen molar-refractivity contribution in [1.82, 2.24) is 15.5 Å². The van der Waals surface area contributed by atoms with Gasteiger partial charge in [-0.3, -0.25) is 4.79 Å². The SMILES string of the molecule is O=C1NC2=C(C(=O)N(CCCO)C2)C(c2ccc(F)cc2)N1. The molecule has 7 heteroatoms. The summed E-state index contributed by atoms with van der Waals surface area (Å²) in [5, 5.41) is 14.3. The first-order valence-corrected chi connectivity index (χ1v) is 7.06. The molecule has 1 unspecified atom stereocenters. The molecule has 22 heavy (non-hydrogen) atoms. The van der Waals surface area contributed by atoms with Crippen LogP contribution in [0.5, 0.6) is 0 Å². The van der Waals surface area contributed by atoms with Crippen molar-refractivity contribution in [3.05, 3.63) is 46.9 Å². The molecule has 2 aliphatic heterocycles. The van der Waals surface area contributed by atoms with Crippen LogP contribution in [0.2, 0.25) is 0 Å². The zero-order valence-corrected chi connectivity index (χ0v) is 11.8. The van der Waals surface area contributed by atoms with Gasteiger partial charge in [-0.05, 0) is 24.1 Å². The second-order valence-electron chi connectivity index (χ2n) is 5.28. The highest BCUT2D eigenvalue weighted by Crippen LogP contribution is 2.32. The summed E-state index contributed by atoms with van der Waals surface area (Å²) in [6, 6.07) is 4.74. The fourth-order valence-electron chi connectivity index (χ4n) is 2.78. The monoisotopic (exact) mass is 305 g/mol. The van der Waals surface area contributed by atoms with Crippen LogP contribution < -0.4 is 10.6 Å². The standard InChI is InChI=1S/C15H16FN3O3/c16-10-4-2-9(3-5-10)13-12-11(17-15(22)18-13)8-19(14(12)21)6-1-7-20/h2-5,13,20H,1,6-8H2,(H2,17,18,22). The van der Waals surface area contributed by atoms with Crippen LogP contribution in [0.4, 0.5) is 9.18 Å². The van der Waals surface area contributed by atoms with Crippen molar-refractivity contribution < 1.29 is 19.1 Å². The van der Waals surface area contributed by atoms with Crippen molar-refractivity contribution in [3.63, 3.8) is 0 Å². The summed E-state index contributed by atoms with van der Waals surface area (Å²) >= 11 is 0. The second kappa shape index (κ2) is 5.76. The molecule has 0 bridgehead atoms. The third kappa shape index (κ3) is 2.55. The van der Waals surface area contributed by atoms with Gasteiger partial charge in [0.15, 0.2) is 0 Å². The normalized spacial score (nSPS) is 20.8. The van der Waals surface area contributed by atoms with Gasteiger partial charge < -0.3 is 20.6 Å². The van der Waals surface area contributed by atoms with E-state index in [1.54, 1.807) is 17.0 Å². The van der Waals surface area contributed by atoms with E-state index < -0.39 is 6.04 Å². The first kappa shape index (κ1) is 14.5. The first-order valence-electron chi connectivity index (χ1n) is 7.06. The fourth-order valence-corrected chi connectivity index (χ4v) is 2.78. The molecule has 0 fully saturated rings. The van der Waals surface area contributed by atoms with Gasteiger partial charge in [0, 0.05) is 13.2 Å². The molecule has 1 atom stereocenters. The predicted octanol–water partition coefficient (Wildman–Crippen LogP) is 0.658. The lowest BCUT2D eigenvalue weighted by Gasteiger charge is -2.25. The van der Waals surface area contributed by atoms with Gasteiger partial charge in [0.2, 0.25) is 0 Å². The fraction of sp³-hybridized carbons (Fsp3) is 0.333. The predicted molar refractivity (Wildman–Crippen MR) is 76.1 cm³/mol. The van der Waals surface area contributed by atoms with Crippen LogP contribution in [0.1, 0.15) is 18.0 Å². The molecule has 3 rings (SSSR count). The minimum absolute atomic E-state index is 0.000443. The van der Waals surface area contributed by atoms with Gasteiger partial charge in [0.05, 0.1) is 23.9 Å². The Morgan fingerprint density at radius 3 is 2.68 bits per heavy atom. The van der Waals surface area contributed by atoms with E-state index in [0.29, 0.717) is 36.3 Å². The summed E-state index contributed by atoms with van der Waals surface area (Å²) in [7, 11) is 0. The van der Waals surface area contributed by atoms with Crippen LogP contribution >= 0.6 is 0 Å². The van der Waals surface area contributed by atoms with E-state index >= 15 is 0 Å². The van der Waals surface area contributed by atoms with Gasteiger partial charge in [-0.1, -0.05) is 12.1 Å². The van der Waals surface area contributed by atoms with Gasteiger partial charge in [-0.25, -0.2) is 9.18 Å². The summed E-state index contributed by atoms with van der Waals surface area (Å²) in [4.78, 5) is 25.9. The number of halogens is 1. The lowest BCUT2D eigenvalue weighted by molar-refractivity contribution is -0.125. The van der Waals surface area contributed by atoms with E-state index in [9.17, 15) is 14.0 Å². The zero-order valence-electron chi connectivity index (χ0n) is 11.8. The summed E-state index contributed by atoms with van der Waals surface area (Å²) in [6.45, 7) is 0.744. The van der Waals surface area contributed by atoms with Gasteiger partial charge in [0.25, 0.3) is 5.91 Å². The molecule has 0 spiro atoms. The summed E-state index contributed by atoms with van der Waals surface area (Å²) in [6.07, 6.45) is 0.481. The smallest absolute Gasteiger partial charge is 0.319 e. The van der Waals surface area contributed by atoms with Gasteiger partial charge in [-0.15, -0.1) is 0 Å². The molecular weight excluding hydrogens is 289 g/mol. The number of aliphatic hydroxyl groups is 1. The van der Waals surface area contributed by atoms with E-state index in [1.165, 1.54) is 12.1 Å². The third-order valence-electron chi connectivity index (χ3n) is 3.81. The summed E-state index contributed by atoms with van der Waals surface area (Å²) in [5.74, 6) is -0.550. The molecular formula is C15H16FN3O3. The van der Waals surface area contributed by atoms with Crippen LogP contribution in [-0.2, 0) is 4.79 Å². The maximum atomic E-state index is 13.1. The third-order valence-corrected chi connectivity index (χ3v) is 3.81. The highest BCUT2D eigenvalue weighted by atomic mass is 19.1. The maximum Gasteiger partial charge on any atom is 0.319 e. The zero-order chi connectivity index (χ0) is 15.7. The summed E-state index contributed by atoms with van der Waals surface area (Å²) in [5.41, 5.74) is 1.70. The topological polar surface area (TPSA) is 81.7 Å². The first-order chi connectivity index (χ1) is 10.6. The van der Waals surface area contributed by atoms with E-state index in [2.05, 4.69) is 10.6 Å². The molecule has 3 amide bonds. The van der Waals surface area contributed by atoms with E-state index in [-0.39, 0.29) is 24.4 Å². The minimum Gasteiger partial charge on any atom is -0.396 e. The molecule has 0 saturated carbocycles. The molecule has 1 aromatic rings. The Balaban J connectivity index is 1.90. The Hall–Kier alpha value is -2.41. The minimum atomic E-state index is -0.587. The van der Waals surface area contributed by atoms with Gasteiger partial charge in [-0.2, -0.15) is 0 Å². The number of rotatable bonds is 4. The van der Waals surface area contributed by atoms with E-state index in [1.807, 2.05) is 0 Å². The Morgan fingerprint density at radius 1 is 1.27 bits per heavy atom. The van der Waals surface area contributed by atoms with Crippen molar-refractivity contribution in [3.8, 4) is 0 Å². The van der Waals surface area contributed by atoms with Crippen molar-refractivity contribution >= 4 is 11.9 Å². The average Bonchev–Trinajstić information content (AvgIpc) is 2.81. The van der Waals surface area contributed by atoms with Crippen molar-refractivity contribution in [2.24, 2.45) is 0 Å². The Morgan fingerprint density at radius 2 is 2.00 bits per heavy atom. The number of nitrogens with one attached hydrogen (secondary N) is 2. The molecule has 3 N–H and O–H groups in total. The Kier molecular flexibility index (Phi) is 3.81. The van der Waals surface area contributed by atoms with Gasteiger partial charge >= 0.3 is 6.03 Å². The van der Waals surface area contributed by atoms with Crippen LogP contribution in [0.15, 0.2) is 35.5 Å². The number of amides is 3. The summed E-state index contributed by atoms with van der Waals surface area (Å²) < 4.78 is 13.1. The number of carbonyl (C=O) groups excluding carboxylic acids is 2. The van der Waals surface area contributed by atoms with E-state index in [4.69, 9.17) is 5.11 Å². The maximum absolute atomic E-state index is 13.1. The second-order valence-corrected chi connectivity index (χ2v) is 5.28. The van der Waals surface area contributed by atoms with Crippen LogP contribution in [0.3, 0.4) is 0 Å². The Bertz CT molecular complexity index is 642. The lowest BCUT2D eigenvalue weighted by atomic mass is 9.96. The molecule has 0 saturated heterocycles. The molecule has 116 valence electrons. The molecule has 0 aromatic heterocycles. The molecule has 0 radical (unpaired) electrons. The Labute approximate surface area is 126 Å². The average molecular weight is 305 g/mol. The quantitative estimate of drug-likeness (QED) is 0.764. The number of aliphatic hydroxyl groups excluding tert-OH is 1. The number of carbonyl (C=O) groups is 2. The molecule has 2 heterocycles.